The smallest absolute Gasteiger partial charge is 0.337 e. The van der Waals surface area contributed by atoms with E-state index < -0.39 is 23.6 Å². The average Bonchev–Trinajstić information content (AvgIpc) is 2.78. The van der Waals surface area contributed by atoms with Crippen molar-refractivity contribution in [1.82, 2.24) is 4.98 Å². The molecule has 4 rings (SSSR count). The minimum absolute atomic E-state index is 0.0944. The normalized spacial score (nSPS) is 11.7. The Kier molecular flexibility index (Phi) is 5.52. The molecular formula is C25H17F2N3O2. The highest BCUT2D eigenvalue weighted by Gasteiger charge is 2.18. The molecule has 0 aliphatic rings. The first-order valence-electron chi connectivity index (χ1n) is 9.76. The van der Waals surface area contributed by atoms with Crippen LogP contribution in [0, 0.1) is 23.0 Å². The maximum Gasteiger partial charge on any atom is 0.337 e. The number of para-hydroxylation sites is 1. The summed E-state index contributed by atoms with van der Waals surface area (Å²) in [6.07, 6.45) is 0. The van der Waals surface area contributed by atoms with Crippen LogP contribution in [0.3, 0.4) is 0 Å². The van der Waals surface area contributed by atoms with E-state index in [1.165, 1.54) is 30.3 Å². The number of carboxylic acid groups (broad SMARTS) is 1. The van der Waals surface area contributed by atoms with Gasteiger partial charge < -0.3 is 10.4 Å². The minimum Gasteiger partial charge on any atom is -0.478 e. The number of nitrogens with zero attached hydrogens (tertiary/aromatic N) is 2. The van der Waals surface area contributed by atoms with Crippen molar-refractivity contribution in [2.75, 3.05) is 5.32 Å². The van der Waals surface area contributed by atoms with Crippen molar-refractivity contribution in [2.24, 2.45) is 0 Å². The molecule has 158 valence electrons. The number of pyridine rings is 1. The van der Waals surface area contributed by atoms with Gasteiger partial charge in [-0.1, -0.05) is 24.3 Å². The highest BCUT2D eigenvalue weighted by atomic mass is 19.1. The number of hydrogen-bond donors (Lipinski definition) is 2. The second-order valence-corrected chi connectivity index (χ2v) is 7.28. The van der Waals surface area contributed by atoms with Gasteiger partial charge in [-0.05, 0) is 54.4 Å². The Morgan fingerprint density at radius 1 is 1.06 bits per heavy atom. The number of aromatic carboxylic acids is 1. The highest BCUT2D eigenvalue weighted by Crippen LogP contribution is 2.33. The second-order valence-electron chi connectivity index (χ2n) is 7.28. The molecule has 0 aliphatic heterocycles. The number of aromatic nitrogens is 1. The van der Waals surface area contributed by atoms with Crippen molar-refractivity contribution in [3.8, 4) is 17.2 Å². The zero-order chi connectivity index (χ0) is 22.8. The fourth-order valence-corrected chi connectivity index (χ4v) is 3.67. The van der Waals surface area contributed by atoms with E-state index in [-0.39, 0.29) is 11.3 Å². The quantitative estimate of drug-likeness (QED) is 0.411. The van der Waals surface area contributed by atoms with E-state index in [4.69, 9.17) is 0 Å². The van der Waals surface area contributed by atoms with Gasteiger partial charge in [0.1, 0.15) is 23.4 Å². The summed E-state index contributed by atoms with van der Waals surface area (Å²) in [6, 6.07) is 18.0. The molecule has 0 spiro atoms. The summed E-state index contributed by atoms with van der Waals surface area (Å²) in [5.74, 6) is -2.01. The zero-order valence-electron chi connectivity index (χ0n) is 16.9. The van der Waals surface area contributed by atoms with Crippen molar-refractivity contribution in [3.63, 3.8) is 0 Å². The summed E-state index contributed by atoms with van der Waals surface area (Å²) in [7, 11) is 0. The maximum absolute atomic E-state index is 14.4. The number of halogens is 2. The van der Waals surface area contributed by atoms with Gasteiger partial charge in [-0.2, -0.15) is 5.26 Å². The molecule has 0 fully saturated rings. The molecule has 0 bridgehead atoms. The Morgan fingerprint density at radius 2 is 1.78 bits per heavy atom. The molecule has 0 aliphatic carbocycles. The van der Waals surface area contributed by atoms with Crippen LogP contribution in [-0.2, 0) is 0 Å². The molecule has 32 heavy (non-hydrogen) atoms. The van der Waals surface area contributed by atoms with Gasteiger partial charge >= 0.3 is 5.97 Å². The monoisotopic (exact) mass is 429 g/mol. The first-order chi connectivity index (χ1) is 15.4. The van der Waals surface area contributed by atoms with Crippen molar-refractivity contribution in [1.29, 1.82) is 5.26 Å². The summed E-state index contributed by atoms with van der Waals surface area (Å²) in [6.45, 7) is 1.78. The topological polar surface area (TPSA) is 86.0 Å². The van der Waals surface area contributed by atoms with E-state index in [0.29, 0.717) is 33.3 Å². The molecule has 7 heteroatoms. The van der Waals surface area contributed by atoms with Gasteiger partial charge in [-0.3, -0.25) is 0 Å². The van der Waals surface area contributed by atoms with E-state index in [1.54, 1.807) is 43.3 Å². The number of carbonyl (C=O) groups is 1. The third kappa shape index (κ3) is 3.98. The summed E-state index contributed by atoms with van der Waals surface area (Å²) in [4.78, 5) is 15.9. The van der Waals surface area contributed by atoms with Crippen LogP contribution in [0.1, 0.15) is 34.6 Å². The van der Waals surface area contributed by atoms with Gasteiger partial charge in [0.25, 0.3) is 0 Å². The van der Waals surface area contributed by atoms with Gasteiger partial charge in [0.05, 0.1) is 11.1 Å². The lowest BCUT2D eigenvalue weighted by Crippen LogP contribution is -2.11. The second kappa shape index (κ2) is 8.44. The van der Waals surface area contributed by atoms with Crippen LogP contribution in [0.25, 0.3) is 22.0 Å². The average molecular weight is 429 g/mol. The Morgan fingerprint density at radius 3 is 2.47 bits per heavy atom. The van der Waals surface area contributed by atoms with E-state index in [9.17, 15) is 23.9 Å². The SMILES string of the molecule is CC(Nc1ccccc1C(=O)O)c1cc(F)cc2nc(C#N)c(-c3ccc(F)cc3)cc12. The molecule has 3 aromatic carbocycles. The van der Waals surface area contributed by atoms with Crippen LogP contribution in [0.2, 0.25) is 0 Å². The molecule has 1 heterocycles. The first kappa shape index (κ1) is 20.9. The molecule has 0 saturated heterocycles. The summed E-state index contributed by atoms with van der Waals surface area (Å²) < 4.78 is 27.8. The molecule has 5 nitrogen and oxygen atoms in total. The lowest BCUT2D eigenvalue weighted by Gasteiger charge is -2.20. The highest BCUT2D eigenvalue weighted by molar-refractivity contribution is 5.94. The van der Waals surface area contributed by atoms with Crippen LogP contribution in [0.4, 0.5) is 14.5 Å². The van der Waals surface area contributed by atoms with Crippen molar-refractivity contribution in [2.45, 2.75) is 13.0 Å². The predicted octanol–water partition coefficient (Wildman–Crippen LogP) is 5.92. The Labute approximate surface area is 182 Å². The Bertz CT molecular complexity index is 1380. The molecule has 4 aromatic rings. The van der Waals surface area contributed by atoms with Crippen molar-refractivity contribution >= 4 is 22.6 Å². The molecular weight excluding hydrogens is 412 g/mol. The third-order valence-corrected chi connectivity index (χ3v) is 5.19. The maximum atomic E-state index is 14.4. The summed E-state index contributed by atoms with van der Waals surface area (Å²) in [5, 5.41) is 22.7. The van der Waals surface area contributed by atoms with E-state index in [1.807, 2.05) is 6.07 Å². The molecule has 0 saturated carbocycles. The lowest BCUT2D eigenvalue weighted by molar-refractivity contribution is 0.0698. The van der Waals surface area contributed by atoms with Gasteiger partial charge in [0.15, 0.2) is 0 Å². The van der Waals surface area contributed by atoms with Gasteiger partial charge in [0.2, 0.25) is 0 Å². The number of fused-ring (bicyclic) bond motifs is 1. The molecule has 0 amide bonds. The van der Waals surface area contributed by atoms with Crippen LogP contribution >= 0.6 is 0 Å². The summed E-state index contributed by atoms with van der Waals surface area (Å²) >= 11 is 0. The van der Waals surface area contributed by atoms with E-state index in [2.05, 4.69) is 10.3 Å². The number of rotatable bonds is 5. The molecule has 1 unspecified atom stereocenters. The lowest BCUT2D eigenvalue weighted by atomic mass is 9.96. The number of anilines is 1. The van der Waals surface area contributed by atoms with Crippen LogP contribution < -0.4 is 5.32 Å². The Balaban J connectivity index is 1.86. The Hall–Kier alpha value is -4.31. The standard InChI is InChI=1S/C25H17F2N3O2/c1-14(29-22-5-3-2-4-18(22)25(31)32)19-10-17(27)11-23-21(19)12-20(24(13-28)30-23)15-6-8-16(26)9-7-15/h2-12,14,29H,1H3,(H,31,32). The largest absolute Gasteiger partial charge is 0.478 e. The predicted molar refractivity (Wildman–Crippen MR) is 117 cm³/mol. The van der Waals surface area contributed by atoms with E-state index >= 15 is 0 Å². The first-order valence-corrected chi connectivity index (χ1v) is 9.76. The number of hydrogen-bond acceptors (Lipinski definition) is 4. The fourth-order valence-electron chi connectivity index (χ4n) is 3.67. The molecule has 0 radical (unpaired) electrons. The number of nitriles is 1. The van der Waals surface area contributed by atoms with Crippen LogP contribution in [-0.4, -0.2) is 16.1 Å². The van der Waals surface area contributed by atoms with Crippen LogP contribution in [0.15, 0.2) is 66.7 Å². The number of benzene rings is 3. The van der Waals surface area contributed by atoms with Gasteiger partial charge in [-0.15, -0.1) is 0 Å². The van der Waals surface area contributed by atoms with Gasteiger partial charge in [-0.25, -0.2) is 18.6 Å². The number of nitrogens with one attached hydrogen (secondary N) is 1. The molecule has 2 N–H and O–H groups in total. The third-order valence-electron chi connectivity index (χ3n) is 5.19. The zero-order valence-corrected chi connectivity index (χ0v) is 16.9. The number of carboxylic acids is 1. The van der Waals surface area contributed by atoms with Gasteiger partial charge in [0, 0.05) is 28.7 Å². The molecule has 1 aromatic heterocycles. The van der Waals surface area contributed by atoms with Crippen molar-refractivity contribution < 1.29 is 18.7 Å². The summed E-state index contributed by atoms with van der Waals surface area (Å²) in [5.41, 5.74) is 2.51. The molecule has 1 atom stereocenters. The van der Waals surface area contributed by atoms with E-state index in [0.717, 1.165) is 0 Å². The van der Waals surface area contributed by atoms with Crippen molar-refractivity contribution in [3.05, 3.63) is 95.2 Å². The minimum atomic E-state index is -1.08. The fraction of sp³-hybridized carbons (Fsp3) is 0.0800. The van der Waals surface area contributed by atoms with Crippen LogP contribution in [0.5, 0.6) is 0 Å².